The molecule has 1 amide bonds. The standard InChI is InChI=1S/C17H18N2OS/c1-2-18-16-14-9-8-13(10-15(14)19-17(16)20)21-11-12-6-4-3-5-7-12/h3-10,16,18H,2,11H2,1H3,(H,19,20). The highest BCUT2D eigenvalue weighted by Crippen LogP contribution is 2.35. The second kappa shape index (κ2) is 6.33. The summed E-state index contributed by atoms with van der Waals surface area (Å²) in [5.41, 5.74) is 3.28. The molecule has 0 aromatic heterocycles. The zero-order chi connectivity index (χ0) is 14.7. The summed E-state index contributed by atoms with van der Waals surface area (Å²) in [5, 5.41) is 6.16. The third-order valence-corrected chi connectivity index (χ3v) is 4.58. The van der Waals surface area contributed by atoms with Gasteiger partial charge in [-0.3, -0.25) is 4.79 Å². The van der Waals surface area contributed by atoms with Gasteiger partial charge in [-0.15, -0.1) is 11.8 Å². The third-order valence-electron chi connectivity index (χ3n) is 3.51. The van der Waals surface area contributed by atoms with Gasteiger partial charge >= 0.3 is 0 Å². The van der Waals surface area contributed by atoms with E-state index >= 15 is 0 Å². The molecular formula is C17H18N2OS. The molecule has 1 heterocycles. The zero-order valence-corrected chi connectivity index (χ0v) is 12.7. The van der Waals surface area contributed by atoms with Crippen LogP contribution in [0.25, 0.3) is 0 Å². The van der Waals surface area contributed by atoms with Crippen LogP contribution in [-0.2, 0) is 10.5 Å². The van der Waals surface area contributed by atoms with Gasteiger partial charge in [0, 0.05) is 21.9 Å². The predicted molar refractivity (Wildman–Crippen MR) is 87.5 cm³/mol. The van der Waals surface area contributed by atoms with E-state index in [1.807, 2.05) is 19.1 Å². The fourth-order valence-electron chi connectivity index (χ4n) is 2.48. The quantitative estimate of drug-likeness (QED) is 0.829. The highest BCUT2D eigenvalue weighted by molar-refractivity contribution is 7.98. The second-order valence-corrected chi connectivity index (χ2v) is 6.05. The van der Waals surface area contributed by atoms with E-state index in [-0.39, 0.29) is 11.9 Å². The lowest BCUT2D eigenvalue weighted by Crippen LogP contribution is -2.27. The molecule has 0 fully saturated rings. The van der Waals surface area contributed by atoms with E-state index in [9.17, 15) is 4.79 Å². The summed E-state index contributed by atoms with van der Waals surface area (Å²) in [6.07, 6.45) is 0. The number of fused-ring (bicyclic) bond motifs is 1. The van der Waals surface area contributed by atoms with Crippen LogP contribution in [0.15, 0.2) is 53.4 Å². The Morgan fingerprint density at radius 3 is 2.76 bits per heavy atom. The molecule has 3 nitrogen and oxygen atoms in total. The van der Waals surface area contributed by atoms with Crippen molar-refractivity contribution in [3.05, 3.63) is 59.7 Å². The van der Waals surface area contributed by atoms with E-state index in [2.05, 4.69) is 47.0 Å². The Hall–Kier alpha value is -1.78. The Balaban J connectivity index is 1.72. The van der Waals surface area contributed by atoms with Crippen molar-refractivity contribution < 1.29 is 4.79 Å². The summed E-state index contributed by atoms with van der Waals surface area (Å²) in [4.78, 5) is 13.1. The van der Waals surface area contributed by atoms with Crippen molar-refractivity contribution in [1.29, 1.82) is 0 Å². The van der Waals surface area contributed by atoms with Crippen LogP contribution in [0.1, 0.15) is 24.1 Å². The van der Waals surface area contributed by atoms with Gasteiger partial charge in [0.1, 0.15) is 6.04 Å². The minimum absolute atomic E-state index is 0.0389. The molecule has 2 N–H and O–H groups in total. The summed E-state index contributed by atoms with van der Waals surface area (Å²) in [7, 11) is 0. The molecule has 21 heavy (non-hydrogen) atoms. The first-order chi connectivity index (χ1) is 10.3. The molecule has 1 aliphatic rings. The average molecular weight is 298 g/mol. The van der Waals surface area contributed by atoms with Gasteiger partial charge in [0.2, 0.25) is 5.91 Å². The van der Waals surface area contributed by atoms with Crippen LogP contribution < -0.4 is 10.6 Å². The number of carbonyl (C=O) groups is 1. The normalized spacial score (nSPS) is 16.6. The lowest BCUT2D eigenvalue weighted by molar-refractivity contribution is -0.117. The zero-order valence-electron chi connectivity index (χ0n) is 11.9. The molecule has 3 rings (SSSR count). The molecule has 0 radical (unpaired) electrons. The highest BCUT2D eigenvalue weighted by atomic mass is 32.2. The number of likely N-dealkylation sites (N-methyl/N-ethyl adjacent to an activating group) is 1. The molecule has 0 bridgehead atoms. The highest BCUT2D eigenvalue weighted by Gasteiger charge is 2.29. The van der Waals surface area contributed by atoms with Crippen molar-refractivity contribution in [2.24, 2.45) is 0 Å². The smallest absolute Gasteiger partial charge is 0.246 e. The average Bonchev–Trinajstić information content (AvgIpc) is 2.82. The Labute approximate surface area is 129 Å². The number of amides is 1. The molecule has 1 aliphatic heterocycles. The van der Waals surface area contributed by atoms with Crippen molar-refractivity contribution >= 4 is 23.4 Å². The van der Waals surface area contributed by atoms with E-state index in [0.29, 0.717) is 0 Å². The molecule has 0 spiro atoms. The topological polar surface area (TPSA) is 41.1 Å². The van der Waals surface area contributed by atoms with Crippen molar-refractivity contribution in [2.45, 2.75) is 23.6 Å². The van der Waals surface area contributed by atoms with Crippen LogP contribution in [0, 0.1) is 0 Å². The van der Waals surface area contributed by atoms with Gasteiger partial charge in [0.25, 0.3) is 0 Å². The Kier molecular flexibility index (Phi) is 4.27. The van der Waals surface area contributed by atoms with Gasteiger partial charge in [-0.2, -0.15) is 0 Å². The summed E-state index contributed by atoms with van der Waals surface area (Å²) in [5.74, 6) is 0.974. The first kappa shape index (κ1) is 14.2. The Morgan fingerprint density at radius 1 is 1.19 bits per heavy atom. The molecule has 0 saturated carbocycles. The third kappa shape index (κ3) is 3.12. The number of hydrogen-bond donors (Lipinski definition) is 2. The first-order valence-electron chi connectivity index (χ1n) is 7.13. The minimum atomic E-state index is -0.210. The molecular weight excluding hydrogens is 280 g/mol. The summed E-state index contributed by atoms with van der Waals surface area (Å²) in [6, 6.07) is 16.4. The van der Waals surface area contributed by atoms with Gasteiger partial charge in [-0.25, -0.2) is 0 Å². The van der Waals surface area contributed by atoms with Crippen LogP contribution in [0.3, 0.4) is 0 Å². The predicted octanol–water partition coefficient (Wildman–Crippen LogP) is 3.58. The van der Waals surface area contributed by atoms with Crippen molar-refractivity contribution in [3.63, 3.8) is 0 Å². The molecule has 2 aromatic carbocycles. The SMILES string of the molecule is CCNC1C(=O)Nc2cc(SCc3ccccc3)ccc21. The lowest BCUT2D eigenvalue weighted by Gasteiger charge is -2.09. The van der Waals surface area contributed by atoms with Gasteiger partial charge in [0.15, 0.2) is 0 Å². The van der Waals surface area contributed by atoms with Gasteiger partial charge < -0.3 is 10.6 Å². The summed E-state index contributed by atoms with van der Waals surface area (Å²) < 4.78 is 0. The van der Waals surface area contributed by atoms with Crippen LogP contribution in [0.2, 0.25) is 0 Å². The number of nitrogens with one attached hydrogen (secondary N) is 2. The van der Waals surface area contributed by atoms with Crippen molar-refractivity contribution in [1.82, 2.24) is 5.32 Å². The van der Waals surface area contributed by atoms with Crippen LogP contribution in [-0.4, -0.2) is 12.5 Å². The van der Waals surface area contributed by atoms with E-state index in [4.69, 9.17) is 0 Å². The number of thioether (sulfide) groups is 1. The molecule has 1 unspecified atom stereocenters. The van der Waals surface area contributed by atoms with Crippen LogP contribution in [0.4, 0.5) is 5.69 Å². The Bertz CT molecular complexity index is 642. The monoisotopic (exact) mass is 298 g/mol. The molecule has 108 valence electrons. The van der Waals surface area contributed by atoms with E-state index in [0.717, 1.165) is 23.5 Å². The second-order valence-electron chi connectivity index (χ2n) is 5.00. The van der Waals surface area contributed by atoms with Crippen molar-refractivity contribution in [3.8, 4) is 0 Å². The lowest BCUT2D eigenvalue weighted by atomic mass is 10.1. The first-order valence-corrected chi connectivity index (χ1v) is 8.11. The minimum Gasteiger partial charge on any atom is -0.324 e. The molecule has 0 aliphatic carbocycles. The summed E-state index contributed by atoms with van der Waals surface area (Å²) >= 11 is 1.78. The molecule has 2 aromatic rings. The number of hydrogen-bond acceptors (Lipinski definition) is 3. The van der Waals surface area contributed by atoms with Crippen molar-refractivity contribution in [2.75, 3.05) is 11.9 Å². The van der Waals surface area contributed by atoms with E-state index < -0.39 is 0 Å². The Morgan fingerprint density at radius 2 is 2.00 bits per heavy atom. The molecule has 1 atom stereocenters. The number of anilines is 1. The maximum absolute atomic E-state index is 11.9. The fraction of sp³-hybridized carbons (Fsp3) is 0.235. The van der Waals surface area contributed by atoms with E-state index in [1.165, 1.54) is 10.5 Å². The largest absolute Gasteiger partial charge is 0.324 e. The molecule has 0 saturated heterocycles. The van der Waals surface area contributed by atoms with Gasteiger partial charge in [0.05, 0.1) is 0 Å². The van der Waals surface area contributed by atoms with Crippen LogP contribution >= 0.6 is 11.8 Å². The maximum Gasteiger partial charge on any atom is 0.246 e. The number of rotatable bonds is 5. The van der Waals surface area contributed by atoms with Crippen LogP contribution in [0.5, 0.6) is 0 Å². The van der Waals surface area contributed by atoms with E-state index in [1.54, 1.807) is 11.8 Å². The number of benzene rings is 2. The summed E-state index contributed by atoms with van der Waals surface area (Å²) in [6.45, 7) is 2.79. The molecule has 4 heteroatoms. The maximum atomic E-state index is 11.9. The fourth-order valence-corrected chi connectivity index (χ4v) is 3.37. The number of carbonyl (C=O) groups excluding carboxylic acids is 1. The van der Waals surface area contributed by atoms with Gasteiger partial charge in [-0.05, 0) is 24.2 Å². The van der Waals surface area contributed by atoms with Gasteiger partial charge in [-0.1, -0.05) is 43.3 Å².